The molecule has 2 rings (SSSR count). The Bertz CT molecular complexity index is 554. The van der Waals surface area contributed by atoms with E-state index in [9.17, 15) is 8.42 Å². The van der Waals surface area contributed by atoms with E-state index in [-0.39, 0.29) is 5.92 Å². The standard InChI is InChI=1S/C13H20ClNO3S2/c1-10-13(6-12(7-14)19-10)20(16,17)15-5-3-4-11(8-15)9-18-2/h6,11H,3-5,7-9H2,1-2H3. The molecule has 1 atom stereocenters. The van der Waals surface area contributed by atoms with Crippen molar-refractivity contribution < 1.29 is 13.2 Å². The number of sulfonamides is 1. The average Bonchev–Trinajstić information content (AvgIpc) is 2.81. The molecule has 1 aromatic heterocycles. The fraction of sp³-hybridized carbons (Fsp3) is 0.692. The maximum atomic E-state index is 12.7. The minimum atomic E-state index is -3.40. The van der Waals surface area contributed by atoms with E-state index in [4.69, 9.17) is 16.3 Å². The van der Waals surface area contributed by atoms with Gasteiger partial charge in [-0.05, 0) is 31.7 Å². The molecular formula is C13H20ClNO3S2. The van der Waals surface area contributed by atoms with Crippen LogP contribution in [-0.4, -0.2) is 39.5 Å². The third-order valence-corrected chi connectivity index (χ3v) is 7.17. The van der Waals surface area contributed by atoms with Gasteiger partial charge in [-0.15, -0.1) is 22.9 Å². The van der Waals surface area contributed by atoms with Gasteiger partial charge in [0, 0.05) is 30.0 Å². The molecule has 7 heteroatoms. The molecule has 0 aliphatic carbocycles. The molecule has 2 heterocycles. The lowest BCUT2D eigenvalue weighted by atomic mass is 10.0. The summed E-state index contributed by atoms with van der Waals surface area (Å²) in [5.74, 6) is 0.641. The minimum Gasteiger partial charge on any atom is -0.384 e. The topological polar surface area (TPSA) is 46.6 Å². The van der Waals surface area contributed by atoms with Crippen molar-refractivity contribution in [3.8, 4) is 0 Å². The number of hydrogen-bond donors (Lipinski definition) is 0. The van der Waals surface area contributed by atoms with Gasteiger partial charge in [-0.2, -0.15) is 4.31 Å². The van der Waals surface area contributed by atoms with Crippen molar-refractivity contribution in [1.82, 2.24) is 4.31 Å². The summed E-state index contributed by atoms with van der Waals surface area (Å²) in [5, 5.41) is 0. The van der Waals surface area contributed by atoms with E-state index in [2.05, 4.69) is 0 Å². The monoisotopic (exact) mass is 337 g/mol. The molecule has 0 bridgehead atoms. The molecule has 0 saturated carbocycles. The number of aryl methyl sites for hydroxylation is 1. The summed E-state index contributed by atoms with van der Waals surface area (Å²) in [7, 11) is -1.75. The number of ether oxygens (including phenoxy) is 1. The van der Waals surface area contributed by atoms with Crippen molar-refractivity contribution in [2.75, 3.05) is 26.8 Å². The zero-order chi connectivity index (χ0) is 14.8. The summed E-state index contributed by atoms with van der Waals surface area (Å²) in [6, 6.07) is 1.71. The molecule has 1 aromatic rings. The number of methoxy groups -OCH3 is 1. The second-order valence-corrected chi connectivity index (χ2v) is 8.61. The summed E-state index contributed by atoms with van der Waals surface area (Å²) in [6.45, 7) is 3.58. The molecule has 0 spiro atoms. The summed E-state index contributed by atoms with van der Waals surface area (Å²) in [6.07, 6.45) is 1.91. The molecule has 4 nitrogen and oxygen atoms in total. The number of thiophene rings is 1. The van der Waals surface area contributed by atoms with Crippen molar-refractivity contribution in [3.05, 3.63) is 15.8 Å². The number of nitrogens with zero attached hydrogens (tertiary/aromatic N) is 1. The van der Waals surface area contributed by atoms with Crippen molar-refractivity contribution in [3.63, 3.8) is 0 Å². The van der Waals surface area contributed by atoms with Crippen LogP contribution in [0.2, 0.25) is 0 Å². The van der Waals surface area contributed by atoms with Crippen LogP contribution in [0.1, 0.15) is 22.6 Å². The van der Waals surface area contributed by atoms with Gasteiger partial charge in [-0.1, -0.05) is 0 Å². The number of hydrogen-bond acceptors (Lipinski definition) is 4. The Morgan fingerprint density at radius 3 is 2.90 bits per heavy atom. The average molecular weight is 338 g/mol. The molecule has 20 heavy (non-hydrogen) atoms. The van der Waals surface area contributed by atoms with E-state index in [0.29, 0.717) is 30.5 Å². The van der Waals surface area contributed by atoms with Crippen LogP contribution in [0.5, 0.6) is 0 Å². The molecular weight excluding hydrogens is 318 g/mol. The number of rotatable bonds is 5. The van der Waals surface area contributed by atoms with Gasteiger partial charge < -0.3 is 4.74 Å². The Balaban J connectivity index is 2.22. The SMILES string of the molecule is COCC1CCCN(S(=O)(=O)c2cc(CCl)sc2C)C1. The first-order valence-electron chi connectivity index (χ1n) is 6.63. The van der Waals surface area contributed by atoms with Crippen LogP contribution in [0, 0.1) is 12.8 Å². The minimum absolute atomic E-state index is 0.287. The predicted molar refractivity (Wildman–Crippen MR) is 82.0 cm³/mol. The van der Waals surface area contributed by atoms with Gasteiger partial charge in [0.1, 0.15) is 0 Å². The highest BCUT2D eigenvalue weighted by Gasteiger charge is 2.32. The third-order valence-electron chi connectivity index (χ3n) is 3.56. The highest BCUT2D eigenvalue weighted by atomic mass is 35.5. The van der Waals surface area contributed by atoms with Gasteiger partial charge in [0.2, 0.25) is 10.0 Å². The molecule has 114 valence electrons. The van der Waals surface area contributed by atoms with Crippen LogP contribution in [0.3, 0.4) is 0 Å². The number of piperidine rings is 1. The lowest BCUT2D eigenvalue weighted by Crippen LogP contribution is -2.41. The number of halogens is 1. The summed E-state index contributed by atoms with van der Waals surface area (Å²) < 4.78 is 32.2. The van der Waals surface area contributed by atoms with Crippen LogP contribution < -0.4 is 0 Å². The van der Waals surface area contributed by atoms with E-state index < -0.39 is 10.0 Å². The Labute approximate surface area is 129 Å². The second-order valence-electron chi connectivity index (χ2n) is 5.09. The highest BCUT2D eigenvalue weighted by Crippen LogP contribution is 2.31. The first-order valence-corrected chi connectivity index (χ1v) is 9.42. The molecule has 1 saturated heterocycles. The van der Waals surface area contributed by atoms with Crippen molar-refractivity contribution >= 4 is 33.0 Å². The van der Waals surface area contributed by atoms with E-state index in [1.807, 2.05) is 6.92 Å². The molecule has 0 amide bonds. The molecule has 1 fully saturated rings. The molecule has 1 unspecified atom stereocenters. The maximum absolute atomic E-state index is 12.7. The van der Waals surface area contributed by atoms with Crippen LogP contribution in [-0.2, 0) is 20.6 Å². The predicted octanol–water partition coefficient (Wildman–Crippen LogP) is 2.84. The molecule has 1 aliphatic heterocycles. The zero-order valence-corrected chi connectivity index (χ0v) is 14.2. The first-order chi connectivity index (χ1) is 9.48. The fourth-order valence-corrected chi connectivity index (χ4v) is 5.85. The Hall–Kier alpha value is -0.140. The largest absolute Gasteiger partial charge is 0.384 e. The lowest BCUT2D eigenvalue weighted by Gasteiger charge is -2.31. The normalized spacial score (nSPS) is 21.2. The van der Waals surface area contributed by atoms with Gasteiger partial charge in [0.25, 0.3) is 0 Å². The van der Waals surface area contributed by atoms with Crippen LogP contribution in [0.4, 0.5) is 0 Å². The third kappa shape index (κ3) is 3.36. The van der Waals surface area contributed by atoms with Gasteiger partial charge in [0.05, 0.1) is 17.4 Å². The van der Waals surface area contributed by atoms with Crippen molar-refractivity contribution in [2.24, 2.45) is 5.92 Å². The van der Waals surface area contributed by atoms with Gasteiger partial charge in [-0.3, -0.25) is 0 Å². The van der Waals surface area contributed by atoms with Gasteiger partial charge in [0.15, 0.2) is 0 Å². The van der Waals surface area contributed by atoms with Crippen molar-refractivity contribution in [1.29, 1.82) is 0 Å². The van der Waals surface area contributed by atoms with Gasteiger partial charge >= 0.3 is 0 Å². The van der Waals surface area contributed by atoms with E-state index in [0.717, 1.165) is 22.6 Å². The molecule has 0 radical (unpaired) electrons. The maximum Gasteiger partial charge on any atom is 0.244 e. The van der Waals surface area contributed by atoms with E-state index in [1.165, 1.54) is 11.3 Å². The summed E-state index contributed by atoms with van der Waals surface area (Å²) >= 11 is 7.25. The summed E-state index contributed by atoms with van der Waals surface area (Å²) in [5.41, 5.74) is 0. The molecule has 1 aliphatic rings. The quantitative estimate of drug-likeness (QED) is 0.776. The lowest BCUT2D eigenvalue weighted by molar-refractivity contribution is 0.118. The molecule has 0 aromatic carbocycles. The second kappa shape index (κ2) is 6.75. The zero-order valence-electron chi connectivity index (χ0n) is 11.8. The Morgan fingerprint density at radius 2 is 2.30 bits per heavy atom. The van der Waals surface area contributed by atoms with Crippen LogP contribution in [0.25, 0.3) is 0 Å². The van der Waals surface area contributed by atoms with E-state index >= 15 is 0 Å². The van der Waals surface area contributed by atoms with Crippen LogP contribution in [0.15, 0.2) is 11.0 Å². The highest BCUT2D eigenvalue weighted by molar-refractivity contribution is 7.89. The van der Waals surface area contributed by atoms with Crippen molar-refractivity contribution in [2.45, 2.75) is 30.5 Å². The van der Waals surface area contributed by atoms with Crippen LogP contribution >= 0.6 is 22.9 Å². The number of alkyl halides is 1. The smallest absolute Gasteiger partial charge is 0.244 e. The van der Waals surface area contributed by atoms with Gasteiger partial charge in [-0.25, -0.2) is 8.42 Å². The van der Waals surface area contributed by atoms with E-state index in [1.54, 1.807) is 17.5 Å². The Morgan fingerprint density at radius 1 is 1.55 bits per heavy atom. The molecule has 0 N–H and O–H groups in total. The summed E-state index contributed by atoms with van der Waals surface area (Å²) in [4.78, 5) is 2.12. The Kier molecular flexibility index (Phi) is 5.48. The first kappa shape index (κ1) is 16.2. The fourth-order valence-electron chi connectivity index (χ4n) is 2.60.